The van der Waals surface area contributed by atoms with Gasteiger partial charge in [-0.05, 0) is 72.8 Å². The topological polar surface area (TPSA) is 88.9 Å². The van der Waals surface area contributed by atoms with Gasteiger partial charge in [-0.1, -0.05) is 52.3 Å². The first-order chi connectivity index (χ1) is 22.4. The number of ether oxygens (including phenoxy) is 1. The van der Waals surface area contributed by atoms with Gasteiger partial charge < -0.3 is 24.8 Å². The Morgan fingerprint density at radius 1 is 1.09 bits per heavy atom. The van der Waals surface area contributed by atoms with E-state index in [1.54, 1.807) is 62.5 Å². The van der Waals surface area contributed by atoms with Crippen LogP contribution in [0.1, 0.15) is 23.6 Å². The van der Waals surface area contributed by atoms with Crippen molar-refractivity contribution in [2.45, 2.75) is 38.3 Å². The zero-order valence-corrected chi connectivity index (χ0v) is 27.6. The van der Waals surface area contributed by atoms with E-state index in [1.165, 1.54) is 12.0 Å². The maximum absolute atomic E-state index is 14.8. The van der Waals surface area contributed by atoms with Crippen molar-refractivity contribution in [1.29, 1.82) is 5.26 Å². The Hall–Kier alpha value is -4.60. The Labute approximate surface area is 279 Å². The monoisotopic (exact) mass is 707 g/mol. The smallest absolute Gasteiger partial charge is 0.471 e. The molecule has 244 valence electrons. The predicted octanol–water partition coefficient (Wildman–Crippen LogP) is 6.40. The third-order valence-corrected chi connectivity index (χ3v) is 8.84. The number of halogens is 4. The largest absolute Gasteiger partial charge is 0.496 e. The number of amides is 2. The van der Waals surface area contributed by atoms with Crippen LogP contribution in [0.25, 0.3) is 10.8 Å². The number of anilines is 2. The molecule has 0 fully saturated rings. The summed E-state index contributed by atoms with van der Waals surface area (Å²) in [5, 5.41) is 13.8. The summed E-state index contributed by atoms with van der Waals surface area (Å²) in [4.78, 5) is 31.8. The van der Waals surface area contributed by atoms with Crippen LogP contribution in [0, 0.1) is 11.3 Å². The Morgan fingerprint density at radius 3 is 2.43 bits per heavy atom. The fraction of sp³-hybridized carbons (Fsp3) is 0.286. The molecule has 4 aromatic rings. The Morgan fingerprint density at radius 2 is 1.79 bits per heavy atom. The van der Waals surface area contributed by atoms with Crippen molar-refractivity contribution in [1.82, 2.24) is 10.2 Å². The lowest BCUT2D eigenvalue weighted by Gasteiger charge is -2.36. The maximum atomic E-state index is 14.8. The molecular formula is C35H33BrF3N5O3. The molecule has 8 nitrogen and oxygen atoms in total. The summed E-state index contributed by atoms with van der Waals surface area (Å²) in [7, 11) is 3.10. The van der Waals surface area contributed by atoms with E-state index in [0.717, 1.165) is 20.8 Å². The second-order valence-corrected chi connectivity index (χ2v) is 12.3. The van der Waals surface area contributed by atoms with Gasteiger partial charge in [0.15, 0.2) is 0 Å². The molecular weight excluding hydrogens is 675 g/mol. The average Bonchev–Trinajstić information content (AvgIpc) is 3.17. The normalized spacial score (nSPS) is 15.5. The molecule has 47 heavy (non-hydrogen) atoms. The lowest BCUT2D eigenvalue weighted by molar-refractivity contribution is -0.188. The van der Waals surface area contributed by atoms with Crippen molar-refractivity contribution < 1.29 is 27.5 Å². The van der Waals surface area contributed by atoms with Gasteiger partial charge >= 0.3 is 12.1 Å². The number of likely N-dealkylation sites (N-methyl/N-ethyl adjacent to an activating group) is 1. The quantitative estimate of drug-likeness (QED) is 0.217. The van der Waals surface area contributed by atoms with E-state index in [-0.39, 0.29) is 26.2 Å². The lowest BCUT2D eigenvalue weighted by atomic mass is 10.0. The van der Waals surface area contributed by atoms with Crippen LogP contribution in [-0.2, 0) is 22.7 Å². The number of rotatable bonds is 9. The minimum atomic E-state index is -5.21. The molecule has 1 aliphatic rings. The van der Waals surface area contributed by atoms with Gasteiger partial charge in [-0.15, -0.1) is 0 Å². The van der Waals surface area contributed by atoms with Gasteiger partial charge in [-0.2, -0.15) is 18.4 Å². The van der Waals surface area contributed by atoms with Gasteiger partial charge in [0.25, 0.3) is 5.91 Å². The maximum Gasteiger partial charge on any atom is 0.471 e. The molecule has 0 aliphatic carbocycles. The van der Waals surface area contributed by atoms with E-state index in [2.05, 4.69) is 27.3 Å². The van der Waals surface area contributed by atoms with Crippen LogP contribution in [0.3, 0.4) is 0 Å². The molecule has 0 radical (unpaired) electrons. The number of para-hydroxylation sites is 2. The van der Waals surface area contributed by atoms with Gasteiger partial charge in [0.1, 0.15) is 11.8 Å². The number of carbonyl (C=O) groups is 2. The molecule has 4 aromatic carbocycles. The number of methoxy groups -OCH3 is 1. The first kappa shape index (κ1) is 33.8. The number of nitrogens with zero attached hydrogens (tertiary/aromatic N) is 4. The molecule has 5 rings (SSSR count). The standard InChI is InChI=1S/C35H33BrF3N5O3/c1-22(41-2)18-44(34(46)35(37,38)39)31-21-42(19-24-10-8-23(17-40)9-11-24)29-6-4-5-7-30(29)43(33(31)45)20-28-27-14-13-26(36)16-25(27)12-15-32(28)47-3/h4-16,22,31,41H,18-21H2,1-3H3/t22-,31-/m0/s1. The molecule has 1 aliphatic heterocycles. The molecule has 1 heterocycles. The van der Waals surface area contributed by atoms with Crippen molar-refractivity contribution in [2.24, 2.45) is 0 Å². The molecule has 1 N–H and O–H groups in total. The second kappa shape index (κ2) is 14.0. The molecule has 0 saturated heterocycles. The fourth-order valence-electron chi connectivity index (χ4n) is 5.85. The molecule has 0 spiro atoms. The van der Waals surface area contributed by atoms with Gasteiger partial charge in [0.2, 0.25) is 0 Å². The first-order valence-corrected chi connectivity index (χ1v) is 15.7. The highest BCUT2D eigenvalue weighted by Gasteiger charge is 2.48. The van der Waals surface area contributed by atoms with E-state index in [0.29, 0.717) is 33.2 Å². The van der Waals surface area contributed by atoms with E-state index in [9.17, 15) is 28.0 Å². The van der Waals surface area contributed by atoms with Crippen molar-refractivity contribution in [3.05, 3.63) is 100 Å². The molecule has 2 atom stereocenters. The summed E-state index contributed by atoms with van der Waals surface area (Å²) in [6.07, 6.45) is -5.21. The number of fused-ring (bicyclic) bond motifs is 2. The SMILES string of the molecule is CN[C@@H](C)CN(C(=O)C(F)(F)F)[C@H]1CN(Cc2ccc(C#N)cc2)c2ccccc2N(Cc2c(OC)ccc3cc(Br)ccc23)C1=O. The number of hydrogen-bond acceptors (Lipinski definition) is 6. The molecule has 12 heteroatoms. The van der Waals surface area contributed by atoms with Crippen LogP contribution in [0.5, 0.6) is 5.75 Å². The zero-order chi connectivity index (χ0) is 33.9. The number of alkyl halides is 3. The number of hydrogen-bond donors (Lipinski definition) is 1. The van der Waals surface area contributed by atoms with Crippen LogP contribution in [-0.4, -0.2) is 62.2 Å². The van der Waals surface area contributed by atoms with Crippen molar-refractivity contribution in [2.75, 3.05) is 37.0 Å². The van der Waals surface area contributed by atoms with Gasteiger partial charge in [-0.3, -0.25) is 9.59 Å². The lowest BCUT2D eigenvalue weighted by Crippen LogP contribution is -2.59. The third-order valence-electron chi connectivity index (χ3n) is 8.34. The highest BCUT2D eigenvalue weighted by molar-refractivity contribution is 9.10. The van der Waals surface area contributed by atoms with Crippen LogP contribution in [0.2, 0.25) is 0 Å². The van der Waals surface area contributed by atoms with Crippen LogP contribution in [0.15, 0.2) is 83.3 Å². The van der Waals surface area contributed by atoms with E-state index >= 15 is 0 Å². The number of nitrogens with one attached hydrogen (secondary N) is 1. The molecule has 0 saturated carbocycles. The van der Waals surface area contributed by atoms with Crippen molar-refractivity contribution in [3.63, 3.8) is 0 Å². The fourth-order valence-corrected chi connectivity index (χ4v) is 6.23. The summed E-state index contributed by atoms with van der Waals surface area (Å²) in [6.45, 7) is 1.27. The Kier molecular flexibility index (Phi) is 10.1. The Bertz CT molecular complexity index is 1830. The van der Waals surface area contributed by atoms with Crippen LogP contribution < -0.4 is 19.9 Å². The minimum absolute atomic E-state index is 0.0329. The highest BCUT2D eigenvalue weighted by Crippen LogP contribution is 2.39. The number of carbonyl (C=O) groups excluding carboxylic acids is 2. The van der Waals surface area contributed by atoms with Crippen molar-refractivity contribution >= 4 is 49.9 Å². The van der Waals surface area contributed by atoms with Gasteiger partial charge in [0.05, 0.1) is 36.7 Å². The summed E-state index contributed by atoms with van der Waals surface area (Å²) in [5.74, 6) is -2.24. The summed E-state index contributed by atoms with van der Waals surface area (Å²) >= 11 is 3.50. The van der Waals surface area contributed by atoms with Crippen LogP contribution in [0.4, 0.5) is 24.5 Å². The molecule has 0 unspecified atom stereocenters. The van der Waals surface area contributed by atoms with E-state index in [4.69, 9.17) is 4.74 Å². The number of benzene rings is 4. The highest BCUT2D eigenvalue weighted by atomic mass is 79.9. The summed E-state index contributed by atoms with van der Waals surface area (Å²) in [5.41, 5.74) is 2.99. The van der Waals surface area contributed by atoms with Crippen molar-refractivity contribution in [3.8, 4) is 11.8 Å². The zero-order valence-electron chi connectivity index (χ0n) is 26.0. The van der Waals surface area contributed by atoms with Gasteiger partial charge in [-0.25, -0.2) is 0 Å². The number of nitriles is 1. The Balaban J connectivity index is 1.69. The first-order valence-electron chi connectivity index (χ1n) is 14.9. The van der Waals surface area contributed by atoms with Crippen LogP contribution >= 0.6 is 15.9 Å². The second-order valence-electron chi connectivity index (χ2n) is 11.4. The molecule has 0 aromatic heterocycles. The molecule has 2 amide bonds. The summed E-state index contributed by atoms with van der Waals surface area (Å²) in [6, 6.07) is 23.4. The molecule has 0 bridgehead atoms. The minimum Gasteiger partial charge on any atom is -0.496 e. The van der Waals surface area contributed by atoms with Gasteiger partial charge in [0, 0.05) is 35.7 Å². The van der Waals surface area contributed by atoms with E-state index < -0.39 is 30.1 Å². The average molecular weight is 709 g/mol. The predicted molar refractivity (Wildman–Crippen MR) is 178 cm³/mol. The summed E-state index contributed by atoms with van der Waals surface area (Å²) < 4.78 is 49.1. The third kappa shape index (κ3) is 7.21. The van der Waals surface area contributed by atoms with E-state index in [1.807, 2.05) is 35.2 Å².